The van der Waals surface area contributed by atoms with Gasteiger partial charge in [-0.25, -0.2) is 32.3 Å². The lowest BCUT2D eigenvalue weighted by molar-refractivity contribution is 0.0982. The number of nitrogens with one attached hydrogen (secondary N) is 7. The third kappa shape index (κ3) is 21.3. The number of piperidine rings is 1. The molecular weight excluding hydrogens is 1590 g/mol. The second-order valence-corrected chi connectivity index (χ2v) is 45.6. The van der Waals surface area contributed by atoms with E-state index in [1.807, 2.05) is 62.1 Å². The van der Waals surface area contributed by atoms with Crippen LogP contribution < -0.4 is 66.5 Å². The number of para-hydroxylation sites is 3. The molecule has 4 aliphatic heterocycles. The number of hydrogen-bond donors (Lipinski definition) is 9. The van der Waals surface area contributed by atoms with E-state index in [2.05, 4.69) is 105 Å². The number of sulfone groups is 1. The number of benzene rings is 6. The topological polar surface area (TPSA) is 336 Å². The Morgan fingerprint density at radius 1 is 0.616 bits per heavy atom. The van der Waals surface area contributed by atoms with Crippen molar-refractivity contribution in [1.29, 1.82) is 0 Å². The SMILES string of the molecule is CN1CCN(C2CCN(c3ccc(Nc4ncc(Cl)c(Nc5ccccc5P(C)(C)=O)n4)c4c3CCO4)CC2)CC1.COc1cc(N2CCP(C)(=O)CC2)ccc1Nc1ncc(Cl)c(Nc2ccccc2S(=O)(=O)C(C)C)n1.Cc1cc(P(C)(C)=O)ccc1Nc1ncc(Cl)c(Nc2ccccc2S(=O)(O)(O)NC(C)C)n1. The Morgan fingerprint density at radius 3 is 1.70 bits per heavy atom. The zero-order valence-electron chi connectivity index (χ0n) is 64.8. The Bertz CT molecular complexity index is 5240. The molecule has 0 aliphatic carbocycles. The number of anilines is 14. The van der Waals surface area contributed by atoms with Gasteiger partial charge in [0.05, 0.1) is 78.0 Å². The molecule has 0 amide bonds. The zero-order valence-corrected chi connectivity index (χ0v) is 71.4. The number of ether oxygens (including phenoxy) is 2. The van der Waals surface area contributed by atoms with Gasteiger partial charge in [0.2, 0.25) is 17.8 Å². The number of aromatic nitrogens is 6. The van der Waals surface area contributed by atoms with Crippen LogP contribution in [-0.4, -0.2) is 198 Å². The highest BCUT2D eigenvalue weighted by molar-refractivity contribution is 8.08. The van der Waals surface area contributed by atoms with Gasteiger partial charge < -0.3 is 69.8 Å². The first kappa shape index (κ1) is 84.9. The van der Waals surface area contributed by atoms with Crippen molar-refractivity contribution in [3.63, 3.8) is 0 Å². The maximum absolute atomic E-state index is 13.0. The number of hydrogen-bond acceptors (Lipinski definition) is 24. The molecule has 27 nitrogen and oxygen atoms in total. The zero-order chi connectivity index (χ0) is 80.7. The molecule has 7 heterocycles. The molecule has 6 aromatic carbocycles. The van der Waals surface area contributed by atoms with Crippen molar-refractivity contribution in [1.82, 2.24) is 44.4 Å². The molecule has 600 valence electrons. The third-order valence-electron chi connectivity index (χ3n) is 19.5. The molecule has 3 fully saturated rings. The van der Waals surface area contributed by atoms with Crippen LogP contribution in [-0.2, 0) is 39.8 Å². The maximum atomic E-state index is 13.0. The minimum atomic E-state index is -5.35. The summed E-state index contributed by atoms with van der Waals surface area (Å²) >= 11 is 19.1. The molecule has 35 heteroatoms. The van der Waals surface area contributed by atoms with Gasteiger partial charge >= 0.3 is 0 Å². The third-order valence-corrected chi connectivity index (χ3v) is 30.0. The molecule has 0 bridgehead atoms. The van der Waals surface area contributed by atoms with Crippen LogP contribution in [0.25, 0.3) is 0 Å². The van der Waals surface area contributed by atoms with E-state index in [-0.39, 0.29) is 49.1 Å². The quantitative estimate of drug-likeness (QED) is 0.0269. The van der Waals surface area contributed by atoms with Crippen molar-refractivity contribution < 1.29 is 44.9 Å². The fourth-order valence-electron chi connectivity index (χ4n) is 13.4. The summed E-state index contributed by atoms with van der Waals surface area (Å²) in [6.07, 6.45) is 9.08. The minimum absolute atomic E-state index is 0.145. The Hall–Kier alpha value is -7.98. The van der Waals surface area contributed by atoms with Crippen LogP contribution >= 0.6 is 56.2 Å². The van der Waals surface area contributed by atoms with Gasteiger partial charge in [-0.3, -0.25) is 14.0 Å². The average molecular weight is 1690 g/mol. The van der Waals surface area contributed by atoms with Gasteiger partial charge in [0.15, 0.2) is 37.1 Å². The van der Waals surface area contributed by atoms with Crippen molar-refractivity contribution in [2.75, 3.05) is 160 Å². The Balaban J connectivity index is 0.000000167. The number of fused-ring (bicyclic) bond motifs is 1. The monoisotopic (exact) mass is 1680 g/mol. The fourth-order valence-corrected chi connectivity index (χ4v) is 20.5. The van der Waals surface area contributed by atoms with E-state index < -0.39 is 52.4 Å². The van der Waals surface area contributed by atoms with Crippen molar-refractivity contribution in [2.24, 2.45) is 0 Å². The van der Waals surface area contributed by atoms with Crippen LogP contribution in [0.1, 0.15) is 51.7 Å². The molecule has 9 N–H and O–H groups in total. The summed E-state index contributed by atoms with van der Waals surface area (Å²) in [4.78, 5) is 36.2. The number of nitrogens with zero attached hydrogens (tertiary/aromatic N) is 10. The molecule has 4 aliphatic rings. The van der Waals surface area contributed by atoms with Gasteiger partial charge in [0, 0.05) is 122 Å². The number of aryl methyl sites for hydroxylation is 1. The number of rotatable bonds is 23. The van der Waals surface area contributed by atoms with E-state index in [1.165, 1.54) is 80.9 Å². The standard InChI is InChI=1S/C30H39ClN7O2P.C25H31ClN5O4PS.C22H29ClN5O4PS/c1-36-15-17-37(18-16-36)21-10-13-38(14-11-21)26-9-8-25(28-22(26)12-19-40-28)34-30-32-20-23(31)29(35-30)33-24-6-4-5-7-27(24)41(2,3)39;1-17(2)37(33,34)23-8-6-5-7-21(23)28-24-19(26)16-27-25(30-24)29-20-10-9-18(15-22(20)35-3)31-11-13-36(4,32)14-12-31;1-14(2)28-34(30,31,32)20-9-7-6-8-19(20)25-21-17(23)13-24-22(27-21)26-18-11-10-16(12-15(18)3)33(4,5)29/h4-9,20-21H,10-19H2,1-3H3,(H2,32,33,34,35);5-10,15-17H,11-14H2,1-4H3,(H2,27,28,29,30);6-14H,1-5H3,(H2,24,25,26,27)(H3,28,30,31,32). The average Bonchev–Trinajstić information content (AvgIpc) is 1.59. The van der Waals surface area contributed by atoms with Gasteiger partial charge in [0.1, 0.15) is 45.7 Å². The van der Waals surface area contributed by atoms with E-state index >= 15 is 0 Å². The number of halogens is 3. The van der Waals surface area contributed by atoms with Crippen LogP contribution in [0.3, 0.4) is 0 Å². The van der Waals surface area contributed by atoms with Crippen LogP contribution in [0.15, 0.2) is 150 Å². The largest absolute Gasteiger partial charge is 0.494 e. The smallest absolute Gasteiger partial charge is 0.229 e. The van der Waals surface area contributed by atoms with Gasteiger partial charge in [0.25, 0.3) is 0 Å². The summed E-state index contributed by atoms with van der Waals surface area (Å²) in [5, 5.41) is 20.6. The van der Waals surface area contributed by atoms with Gasteiger partial charge in [-0.15, -0.1) is 0 Å². The van der Waals surface area contributed by atoms with Crippen LogP contribution in [0, 0.1) is 6.92 Å². The predicted octanol–water partition coefficient (Wildman–Crippen LogP) is 15.8. The summed E-state index contributed by atoms with van der Waals surface area (Å²) < 4.78 is 111. The summed E-state index contributed by atoms with van der Waals surface area (Å²) in [6, 6.07) is 35.9. The Labute approximate surface area is 671 Å². The summed E-state index contributed by atoms with van der Waals surface area (Å²) in [6.45, 7) is 26.2. The van der Waals surface area contributed by atoms with Crippen LogP contribution in [0.4, 0.5) is 80.8 Å². The second-order valence-electron chi connectivity index (χ2n) is 29.6. The fraction of sp³-hybridized carbons (Fsp3) is 0.377. The van der Waals surface area contributed by atoms with Crippen molar-refractivity contribution >= 4 is 167 Å². The number of piperazine rings is 1. The highest BCUT2D eigenvalue weighted by atomic mass is 35.5. The first-order valence-electron chi connectivity index (χ1n) is 36.7. The predicted molar refractivity (Wildman–Crippen MR) is 460 cm³/mol. The molecule has 3 saturated heterocycles. The van der Waals surface area contributed by atoms with Crippen LogP contribution in [0.5, 0.6) is 11.5 Å². The molecule has 0 radical (unpaired) electrons. The maximum Gasteiger partial charge on any atom is 0.229 e. The van der Waals surface area contributed by atoms with Crippen molar-refractivity contribution in [3.8, 4) is 11.5 Å². The summed E-state index contributed by atoms with van der Waals surface area (Å²) in [7, 11) is -12.0. The molecule has 9 aromatic rings. The highest BCUT2D eigenvalue weighted by Crippen LogP contribution is 2.47. The lowest BCUT2D eigenvalue weighted by atomic mass is 9.99. The van der Waals surface area contributed by atoms with E-state index in [4.69, 9.17) is 44.3 Å². The van der Waals surface area contributed by atoms with E-state index in [1.54, 1.807) is 110 Å². The first-order chi connectivity index (χ1) is 52.9. The number of methoxy groups -OCH3 is 1. The Morgan fingerprint density at radius 2 is 1.13 bits per heavy atom. The van der Waals surface area contributed by atoms with Crippen molar-refractivity contribution in [2.45, 2.75) is 81.0 Å². The molecule has 0 saturated carbocycles. The van der Waals surface area contributed by atoms with E-state index in [0.717, 1.165) is 77.3 Å². The molecule has 3 aromatic heterocycles. The number of likely N-dealkylation sites (N-methyl/N-ethyl adjacent to an activating group) is 1. The molecule has 0 spiro atoms. The van der Waals surface area contributed by atoms with Gasteiger partial charge in [-0.1, -0.05) is 71.2 Å². The van der Waals surface area contributed by atoms with Gasteiger partial charge in [-0.2, -0.15) is 15.0 Å². The summed E-state index contributed by atoms with van der Waals surface area (Å²) in [5.74, 6) is 3.24. The lowest BCUT2D eigenvalue weighted by Gasteiger charge is -2.43. The lowest BCUT2D eigenvalue weighted by Crippen LogP contribution is -2.52. The van der Waals surface area contributed by atoms with E-state index in [0.29, 0.717) is 58.9 Å². The summed E-state index contributed by atoms with van der Waals surface area (Å²) in [5.41, 5.74) is 7.84. The minimum Gasteiger partial charge on any atom is -0.494 e. The molecular formula is C77H99Cl3N17O10P3S2. The molecule has 0 unspecified atom stereocenters. The highest BCUT2D eigenvalue weighted by Gasteiger charge is 2.37. The molecule has 112 heavy (non-hydrogen) atoms. The van der Waals surface area contributed by atoms with E-state index in [9.17, 15) is 35.4 Å². The van der Waals surface area contributed by atoms with Crippen LogP contribution in [0.2, 0.25) is 15.1 Å². The second kappa shape index (κ2) is 35.4. The van der Waals surface area contributed by atoms with Gasteiger partial charge in [-0.05, 0) is 172 Å². The Kier molecular flexibility index (Phi) is 26.8. The molecule has 13 rings (SSSR count). The normalized spacial score (nSPS) is 16.0. The molecule has 0 atom stereocenters. The van der Waals surface area contributed by atoms with Crippen molar-refractivity contribution in [3.05, 3.63) is 166 Å². The first-order valence-corrected chi connectivity index (χ1v) is 49.0.